The van der Waals surface area contributed by atoms with Crippen LogP contribution in [-0.2, 0) is 11.2 Å². The molecule has 0 spiro atoms. The van der Waals surface area contributed by atoms with E-state index in [-0.39, 0.29) is 6.42 Å². The second-order valence-corrected chi connectivity index (χ2v) is 3.32. The summed E-state index contributed by atoms with van der Waals surface area (Å²) in [4.78, 5) is 21.6. The van der Waals surface area contributed by atoms with Crippen LogP contribution in [0.5, 0.6) is 0 Å². The van der Waals surface area contributed by atoms with Gasteiger partial charge in [-0.15, -0.1) is 0 Å². The summed E-state index contributed by atoms with van der Waals surface area (Å²) in [5, 5.41) is 8.62. The summed E-state index contributed by atoms with van der Waals surface area (Å²) in [6.07, 6.45) is 0.222. The maximum Gasteiger partial charge on any atom is 0.320 e. The highest BCUT2D eigenvalue weighted by atomic mass is 16.4. The van der Waals surface area contributed by atoms with E-state index in [2.05, 4.69) is 0 Å². The number of carboxylic acid groups (broad SMARTS) is 1. The third-order valence-electron chi connectivity index (χ3n) is 2.12. The van der Waals surface area contributed by atoms with Gasteiger partial charge in [-0.25, -0.2) is 5.84 Å². The normalized spacial score (nSPS) is 11.9. The molecule has 0 aliphatic carbocycles. The van der Waals surface area contributed by atoms with E-state index in [0.29, 0.717) is 5.56 Å². The van der Waals surface area contributed by atoms with Crippen molar-refractivity contribution in [3.05, 3.63) is 35.4 Å². The minimum Gasteiger partial charge on any atom is -0.480 e. The molecule has 0 fully saturated rings. The minimum atomic E-state index is -1.05. The van der Waals surface area contributed by atoms with Crippen LogP contribution >= 0.6 is 0 Å². The van der Waals surface area contributed by atoms with Gasteiger partial charge in [-0.05, 0) is 24.1 Å². The third-order valence-corrected chi connectivity index (χ3v) is 2.12. The van der Waals surface area contributed by atoms with Crippen LogP contribution in [0.2, 0.25) is 0 Å². The highest BCUT2D eigenvalue weighted by Gasteiger charge is 2.12. The molecule has 0 saturated carbocycles. The monoisotopic (exact) mass is 223 g/mol. The first-order valence-electron chi connectivity index (χ1n) is 4.63. The van der Waals surface area contributed by atoms with Gasteiger partial charge in [-0.3, -0.25) is 15.0 Å². The van der Waals surface area contributed by atoms with Crippen molar-refractivity contribution in [2.24, 2.45) is 11.6 Å². The Labute approximate surface area is 92.2 Å². The van der Waals surface area contributed by atoms with Gasteiger partial charge in [0.1, 0.15) is 6.04 Å². The molecule has 0 saturated heterocycles. The Kier molecular flexibility index (Phi) is 3.98. The average Bonchev–Trinajstić information content (AvgIpc) is 2.28. The summed E-state index contributed by atoms with van der Waals surface area (Å²) in [5.41, 5.74) is 8.54. The number of carbonyl (C=O) groups is 2. The van der Waals surface area contributed by atoms with Crippen LogP contribution in [0.25, 0.3) is 0 Å². The van der Waals surface area contributed by atoms with Crippen LogP contribution in [0.15, 0.2) is 24.3 Å². The summed E-state index contributed by atoms with van der Waals surface area (Å²) >= 11 is 0. The molecule has 0 bridgehead atoms. The Bertz CT molecular complexity index is 389. The molecule has 1 unspecified atom stereocenters. The number of nitrogens with two attached hydrogens (primary N) is 2. The predicted molar refractivity (Wildman–Crippen MR) is 57.4 cm³/mol. The second-order valence-electron chi connectivity index (χ2n) is 3.32. The molecule has 0 aliphatic rings. The maximum atomic E-state index is 11.1. The van der Waals surface area contributed by atoms with Gasteiger partial charge in [0, 0.05) is 5.56 Å². The number of nitrogens with one attached hydrogen (secondary N) is 1. The summed E-state index contributed by atoms with van der Waals surface area (Å²) in [5.74, 6) is 3.52. The van der Waals surface area contributed by atoms with E-state index in [9.17, 15) is 9.59 Å². The van der Waals surface area contributed by atoms with Crippen LogP contribution in [0.3, 0.4) is 0 Å². The van der Waals surface area contributed by atoms with Crippen molar-refractivity contribution < 1.29 is 14.7 Å². The molecule has 0 aliphatic heterocycles. The number of aliphatic carboxylic acids is 1. The maximum absolute atomic E-state index is 11.1. The zero-order valence-corrected chi connectivity index (χ0v) is 8.51. The molecule has 0 heterocycles. The Morgan fingerprint density at radius 2 is 1.88 bits per heavy atom. The first-order chi connectivity index (χ1) is 7.54. The fourth-order valence-electron chi connectivity index (χ4n) is 1.22. The Hall–Kier alpha value is -1.92. The van der Waals surface area contributed by atoms with E-state index in [0.717, 1.165) is 5.56 Å². The number of benzene rings is 1. The van der Waals surface area contributed by atoms with Gasteiger partial charge in [-0.2, -0.15) is 0 Å². The van der Waals surface area contributed by atoms with Gasteiger partial charge in [0.25, 0.3) is 5.91 Å². The quantitative estimate of drug-likeness (QED) is 0.304. The minimum absolute atomic E-state index is 0.222. The second kappa shape index (κ2) is 5.24. The Balaban J connectivity index is 2.72. The molecular formula is C10H13N3O3. The van der Waals surface area contributed by atoms with Crippen molar-refractivity contribution >= 4 is 11.9 Å². The van der Waals surface area contributed by atoms with Gasteiger partial charge < -0.3 is 10.8 Å². The van der Waals surface area contributed by atoms with Crippen LogP contribution in [0.4, 0.5) is 0 Å². The van der Waals surface area contributed by atoms with Gasteiger partial charge >= 0.3 is 5.97 Å². The summed E-state index contributed by atoms with van der Waals surface area (Å²) < 4.78 is 0. The SMILES string of the molecule is NNC(=O)c1ccc(CC(N)C(=O)O)cc1. The van der Waals surface area contributed by atoms with Crippen molar-refractivity contribution in [3.63, 3.8) is 0 Å². The van der Waals surface area contributed by atoms with Gasteiger partial charge in [0.15, 0.2) is 0 Å². The number of carbonyl (C=O) groups excluding carboxylic acids is 1. The zero-order valence-electron chi connectivity index (χ0n) is 8.51. The number of rotatable bonds is 4. The summed E-state index contributed by atoms with van der Waals surface area (Å²) in [6, 6.07) is 5.48. The van der Waals surface area contributed by atoms with Gasteiger partial charge in [0.05, 0.1) is 0 Å². The zero-order chi connectivity index (χ0) is 12.1. The lowest BCUT2D eigenvalue weighted by atomic mass is 10.0. The molecule has 1 rings (SSSR count). The number of carboxylic acids is 1. The molecule has 0 aromatic heterocycles. The molecule has 1 amide bonds. The molecule has 6 N–H and O–H groups in total. The molecule has 86 valence electrons. The van der Waals surface area contributed by atoms with E-state index in [1.165, 1.54) is 0 Å². The van der Waals surface area contributed by atoms with Crippen molar-refractivity contribution in [1.82, 2.24) is 5.43 Å². The lowest BCUT2D eigenvalue weighted by molar-refractivity contribution is -0.138. The van der Waals surface area contributed by atoms with E-state index in [1.807, 2.05) is 5.43 Å². The molecule has 6 nitrogen and oxygen atoms in total. The topological polar surface area (TPSA) is 118 Å². The van der Waals surface area contributed by atoms with Crippen molar-refractivity contribution in [3.8, 4) is 0 Å². The fourth-order valence-corrected chi connectivity index (χ4v) is 1.22. The first kappa shape index (κ1) is 12.2. The molecule has 1 aromatic rings. The number of amides is 1. The number of nitrogen functional groups attached to an aromatic ring is 1. The standard InChI is InChI=1S/C10H13N3O3/c11-8(10(15)16)5-6-1-3-7(4-2-6)9(14)13-12/h1-4,8H,5,11-12H2,(H,13,14)(H,15,16). The summed E-state index contributed by atoms with van der Waals surface area (Å²) in [6.45, 7) is 0. The molecule has 16 heavy (non-hydrogen) atoms. The van der Waals surface area contributed by atoms with E-state index >= 15 is 0 Å². The lowest BCUT2D eigenvalue weighted by Crippen LogP contribution is -2.32. The van der Waals surface area contributed by atoms with Crippen LogP contribution < -0.4 is 17.0 Å². The van der Waals surface area contributed by atoms with Gasteiger partial charge in [-0.1, -0.05) is 12.1 Å². The van der Waals surface area contributed by atoms with Crippen LogP contribution in [0.1, 0.15) is 15.9 Å². The largest absolute Gasteiger partial charge is 0.480 e. The summed E-state index contributed by atoms with van der Waals surface area (Å²) in [7, 11) is 0. The van der Waals surface area contributed by atoms with Crippen molar-refractivity contribution in [1.29, 1.82) is 0 Å². The van der Waals surface area contributed by atoms with E-state index < -0.39 is 17.9 Å². The highest BCUT2D eigenvalue weighted by molar-refractivity contribution is 5.93. The molecule has 1 aromatic carbocycles. The first-order valence-corrected chi connectivity index (χ1v) is 4.63. The molecule has 0 radical (unpaired) electrons. The van der Waals surface area contributed by atoms with Crippen molar-refractivity contribution in [2.45, 2.75) is 12.5 Å². The van der Waals surface area contributed by atoms with E-state index in [4.69, 9.17) is 16.7 Å². The number of hydrazine groups is 1. The van der Waals surface area contributed by atoms with Gasteiger partial charge in [0.2, 0.25) is 0 Å². The molecule has 1 atom stereocenters. The molecular weight excluding hydrogens is 210 g/mol. The van der Waals surface area contributed by atoms with Crippen LogP contribution in [-0.4, -0.2) is 23.0 Å². The smallest absolute Gasteiger partial charge is 0.320 e. The number of hydrogen-bond acceptors (Lipinski definition) is 4. The average molecular weight is 223 g/mol. The lowest BCUT2D eigenvalue weighted by Gasteiger charge is -2.06. The Morgan fingerprint density at radius 1 is 1.31 bits per heavy atom. The fraction of sp³-hybridized carbons (Fsp3) is 0.200. The van der Waals surface area contributed by atoms with E-state index in [1.54, 1.807) is 24.3 Å². The van der Waals surface area contributed by atoms with Crippen molar-refractivity contribution in [2.75, 3.05) is 0 Å². The molecule has 6 heteroatoms. The Morgan fingerprint density at radius 3 is 2.31 bits per heavy atom. The predicted octanol–water partition coefficient (Wildman–Crippen LogP) is -0.755. The highest BCUT2D eigenvalue weighted by Crippen LogP contribution is 2.06. The van der Waals surface area contributed by atoms with Crippen LogP contribution in [0, 0.1) is 0 Å². The third kappa shape index (κ3) is 3.04. The number of hydrogen-bond donors (Lipinski definition) is 4.